The predicted octanol–water partition coefficient (Wildman–Crippen LogP) is -2.53. The summed E-state index contributed by atoms with van der Waals surface area (Å²) in [6.07, 6.45) is -1.50. The van der Waals surface area contributed by atoms with Crippen LogP contribution in [0.4, 0.5) is 0 Å². The summed E-state index contributed by atoms with van der Waals surface area (Å²) in [7, 11) is 0. The number of carbonyl (C=O) groups excluding carboxylic acids is 4. The maximum atomic E-state index is 12.8. The van der Waals surface area contributed by atoms with E-state index >= 15 is 0 Å². The highest BCUT2D eigenvalue weighted by molar-refractivity contribution is 5.95. The molecule has 13 nitrogen and oxygen atoms in total. The number of rotatable bonds is 14. The van der Waals surface area contributed by atoms with Crippen LogP contribution in [0.2, 0.25) is 0 Å². The summed E-state index contributed by atoms with van der Waals surface area (Å²) in [5.74, 6) is -6.31. The molecule has 0 aliphatic carbocycles. The Balaban J connectivity index is 3.01. The average molecular weight is 465 g/mol. The van der Waals surface area contributed by atoms with E-state index in [1.165, 1.54) is 0 Å². The van der Waals surface area contributed by atoms with Gasteiger partial charge in [-0.1, -0.05) is 30.3 Å². The van der Waals surface area contributed by atoms with Crippen LogP contribution in [0.3, 0.4) is 0 Å². The van der Waals surface area contributed by atoms with Gasteiger partial charge in [-0.3, -0.25) is 24.0 Å². The molecule has 0 heterocycles. The smallest absolute Gasteiger partial charge is 0.326 e. The quantitative estimate of drug-likeness (QED) is 0.153. The molecule has 0 aliphatic heterocycles. The SMILES string of the molecule is NCC(=O)NC(Cc1ccccc1)C(=O)NC(CC(=O)O)C(=O)NC(CCC(N)=O)C(=O)O. The zero-order chi connectivity index (χ0) is 25.0. The molecule has 0 saturated carbocycles. The maximum Gasteiger partial charge on any atom is 0.326 e. The lowest BCUT2D eigenvalue weighted by Crippen LogP contribution is -2.57. The molecule has 1 aromatic carbocycles. The standard InChI is InChI=1S/C20H27N5O8/c21-10-16(27)23-13(8-11-4-2-1-3-5-11)18(30)25-14(9-17(28)29)19(31)24-12(20(32)33)6-7-15(22)26/h1-5,12-14H,6-10,21H2,(H2,22,26)(H,23,27)(H,24,31)(H,25,30)(H,28,29)(H,32,33). The van der Waals surface area contributed by atoms with Crippen LogP contribution in [0.15, 0.2) is 30.3 Å². The van der Waals surface area contributed by atoms with Crippen LogP contribution in [-0.4, -0.2) is 70.5 Å². The molecule has 1 rings (SSSR count). The Morgan fingerprint density at radius 1 is 0.848 bits per heavy atom. The van der Waals surface area contributed by atoms with Gasteiger partial charge in [0.05, 0.1) is 13.0 Å². The summed E-state index contributed by atoms with van der Waals surface area (Å²) < 4.78 is 0. The molecule has 3 atom stereocenters. The lowest BCUT2D eigenvalue weighted by atomic mass is 10.0. The maximum absolute atomic E-state index is 12.8. The number of hydrogen-bond acceptors (Lipinski definition) is 7. The van der Waals surface area contributed by atoms with Gasteiger partial charge in [0.15, 0.2) is 0 Å². The number of nitrogens with one attached hydrogen (secondary N) is 3. The van der Waals surface area contributed by atoms with Gasteiger partial charge in [-0.2, -0.15) is 0 Å². The van der Waals surface area contributed by atoms with Crippen LogP contribution in [0, 0.1) is 0 Å². The molecule has 0 saturated heterocycles. The van der Waals surface area contributed by atoms with E-state index in [0.29, 0.717) is 5.56 Å². The average Bonchev–Trinajstić information content (AvgIpc) is 2.75. The van der Waals surface area contributed by atoms with Crippen molar-refractivity contribution < 1.29 is 39.0 Å². The molecule has 0 aromatic heterocycles. The van der Waals surface area contributed by atoms with Crippen LogP contribution in [-0.2, 0) is 35.2 Å². The number of amides is 4. The minimum Gasteiger partial charge on any atom is -0.481 e. The van der Waals surface area contributed by atoms with Crippen molar-refractivity contribution >= 4 is 35.6 Å². The zero-order valence-corrected chi connectivity index (χ0v) is 17.7. The molecule has 0 aliphatic rings. The van der Waals surface area contributed by atoms with Crippen LogP contribution < -0.4 is 27.4 Å². The van der Waals surface area contributed by atoms with Crippen LogP contribution in [0.5, 0.6) is 0 Å². The number of aliphatic carboxylic acids is 2. The number of nitrogens with two attached hydrogens (primary N) is 2. The number of benzene rings is 1. The summed E-state index contributed by atoms with van der Waals surface area (Å²) in [5, 5.41) is 25.1. The van der Waals surface area contributed by atoms with E-state index in [-0.39, 0.29) is 19.3 Å². The number of hydrogen-bond donors (Lipinski definition) is 7. The van der Waals surface area contributed by atoms with E-state index in [1.54, 1.807) is 30.3 Å². The second-order valence-electron chi connectivity index (χ2n) is 7.08. The van der Waals surface area contributed by atoms with Gasteiger partial charge in [0.25, 0.3) is 0 Å². The molecule has 180 valence electrons. The van der Waals surface area contributed by atoms with Crippen molar-refractivity contribution in [3.05, 3.63) is 35.9 Å². The van der Waals surface area contributed by atoms with Gasteiger partial charge >= 0.3 is 11.9 Å². The van der Waals surface area contributed by atoms with Gasteiger partial charge in [0.2, 0.25) is 23.6 Å². The third-order valence-electron chi connectivity index (χ3n) is 4.43. The van der Waals surface area contributed by atoms with Crippen molar-refractivity contribution in [3.8, 4) is 0 Å². The Bertz CT molecular complexity index is 876. The second-order valence-corrected chi connectivity index (χ2v) is 7.08. The summed E-state index contributed by atoms with van der Waals surface area (Å²) in [4.78, 5) is 70.6. The Kier molecular flexibility index (Phi) is 11.0. The highest BCUT2D eigenvalue weighted by Gasteiger charge is 2.31. The van der Waals surface area contributed by atoms with Crippen molar-refractivity contribution in [1.29, 1.82) is 0 Å². The molecule has 33 heavy (non-hydrogen) atoms. The van der Waals surface area contributed by atoms with Crippen LogP contribution >= 0.6 is 0 Å². The second kappa shape index (κ2) is 13.4. The highest BCUT2D eigenvalue weighted by Crippen LogP contribution is 2.06. The first-order chi connectivity index (χ1) is 15.5. The van der Waals surface area contributed by atoms with Crippen molar-refractivity contribution in [3.63, 3.8) is 0 Å². The Labute approximate surface area is 188 Å². The number of primary amides is 1. The van der Waals surface area contributed by atoms with E-state index in [0.717, 1.165) is 0 Å². The number of carboxylic acid groups (broad SMARTS) is 2. The van der Waals surface area contributed by atoms with Crippen molar-refractivity contribution in [2.45, 2.75) is 43.8 Å². The molecule has 1 aromatic rings. The lowest BCUT2D eigenvalue weighted by Gasteiger charge is -2.23. The summed E-state index contributed by atoms with van der Waals surface area (Å²) in [6, 6.07) is 4.22. The normalized spacial score (nSPS) is 13.1. The van der Waals surface area contributed by atoms with Crippen molar-refractivity contribution in [1.82, 2.24) is 16.0 Å². The summed E-state index contributed by atoms with van der Waals surface area (Å²) >= 11 is 0. The molecule has 0 spiro atoms. The van der Waals surface area contributed by atoms with Crippen molar-refractivity contribution in [2.24, 2.45) is 11.5 Å². The minimum atomic E-state index is -1.65. The molecule has 0 bridgehead atoms. The molecule has 0 radical (unpaired) electrons. The summed E-state index contributed by atoms with van der Waals surface area (Å²) in [5.41, 5.74) is 10.9. The molecule has 9 N–H and O–H groups in total. The fraction of sp³-hybridized carbons (Fsp3) is 0.400. The van der Waals surface area contributed by atoms with Gasteiger partial charge in [-0.05, 0) is 12.0 Å². The van der Waals surface area contributed by atoms with Crippen LogP contribution in [0.1, 0.15) is 24.8 Å². The topological polar surface area (TPSA) is 231 Å². The van der Waals surface area contributed by atoms with E-state index in [1.807, 2.05) is 0 Å². The van der Waals surface area contributed by atoms with E-state index in [2.05, 4.69) is 16.0 Å². The van der Waals surface area contributed by atoms with E-state index < -0.39 is 66.7 Å². The Hall–Kier alpha value is -4.00. The first kappa shape index (κ1) is 27.0. The molecule has 13 heteroatoms. The van der Waals surface area contributed by atoms with E-state index in [9.17, 15) is 33.9 Å². The number of carboxylic acids is 2. The fourth-order valence-electron chi connectivity index (χ4n) is 2.78. The monoisotopic (exact) mass is 465 g/mol. The van der Waals surface area contributed by atoms with Gasteiger partial charge in [0, 0.05) is 12.8 Å². The van der Waals surface area contributed by atoms with Gasteiger partial charge in [-0.15, -0.1) is 0 Å². The van der Waals surface area contributed by atoms with E-state index in [4.69, 9.17) is 16.6 Å². The third-order valence-corrected chi connectivity index (χ3v) is 4.43. The predicted molar refractivity (Wildman–Crippen MR) is 113 cm³/mol. The molecule has 4 amide bonds. The van der Waals surface area contributed by atoms with Gasteiger partial charge < -0.3 is 37.6 Å². The highest BCUT2D eigenvalue weighted by atomic mass is 16.4. The lowest BCUT2D eigenvalue weighted by molar-refractivity contribution is -0.143. The first-order valence-corrected chi connectivity index (χ1v) is 9.90. The summed E-state index contributed by atoms with van der Waals surface area (Å²) in [6.45, 7) is -0.405. The fourth-order valence-corrected chi connectivity index (χ4v) is 2.78. The van der Waals surface area contributed by atoms with Gasteiger partial charge in [0.1, 0.15) is 18.1 Å². The molecular weight excluding hydrogens is 438 g/mol. The Morgan fingerprint density at radius 2 is 1.42 bits per heavy atom. The molecule has 3 unspecified atom stereocenters. The van der Waals surface area contributed by atoms with Gasteiger partial charge in [-0.25, -0.2) is 4.79 Å². The molecular formula is C20H27N5O8. The zero-order valence-electron chi connectivity index (χ0n) is 17.7. The van der Waals surface area contributed by atoms with Crippen molar-refractivity contribution in [2.75, 3.05) is 6.54 Å². The number of carbonyl (C=O) groups is 6. The Morgan fingerprint density at radius 3 is 1.94 bits per heavy atom. The largest absolute Gasteiger partial charge is 0.481 e. The molecule has 0 fully saturated rings. The first-order valence-electron chi connectivity index (χ1n) is 9.90. The minimum absolute atomic E-state index is 0.0240. The third kappa shape index (κ3) is 10.2. The van der Waals surface area contributed by atoms with Crippen LogP contribution in [0.25, 0.3) is 0 Å².